The lowest BCUT2D eigenvalue weighted by molar-refractivity contribution is 0.0594. The zero-order chi connectivity index (χ0) is 13.2. The van der Waals surface area contributed by atoms with E-state index in [1.165, 1.54) is 7.11 Å². The Balaban J connectivity index is 1.97. The van der Waals surface area contributed by atoms with Crippen LogP contribution in [0.2, 0.25) is 0 Å². The van der Waals surface area contributed by atoms with Crippen LogP contribution in [-0.2, 0) is 11.3 Å². The van der Waals surface area contributed by atoms with E-state index >= 15 is 0 Å². The number of carbonyl (C=O) groups excluding carboxylic acids is 1. The highest BCUT2D eigenvalue weighted by Crippen LogP contribution is 2.14. The number of aromatic amines is 1. The van der Waals surface area contributed by atoms with Gasteiger partial charge >= 0.3 is 5.97 Å². The SMILES string of the molecule is COC(=O)c1cc(CN2CCNC(C)(C)C2)c[nH]1. The number of esters is 1. The minimum Gasteiger partial charge on any atom is -0.464 e. The molecule has 100 valence electrons. The van der Waals surface area contributed by atoms with Crippen LogP contribution in [0.3, 0.4) is 0 Å². The van der Waals surface area contributed by atoms with E-state index in [1.54, 1.807) is 0 Å². The second-order valence-corrected chi connectivity index (χ2v) is 5.43. The molecular weight excluding hydrogens is 230 g/mol. The molecular formula is C13H21N3O2. The van der Waals surface area contributed by atoms with Crippen molar-refractivity contribution in [3.63, 3.8) is 0 Å². The van der Waals surface area contributed by atoms with Gasteiger partial charge in [-0.1, -0.05) is 0 Å². The Bertz CT molecular complexity index is 426. The fourth-order valence-electron chi connectivity index (χ4n) is 2.40. The second-order valence-electron chi connectivity index (χ2n) is 5.43. The molecule has 1 aliphatic heterocycles. The normalized spacial score (nSPS) is 19.7. The lowest BCUT2D eigenvalue weighted by Crippen LogP contribution is -2.56. The summed E-state index contributed by atoms with van der Waals surface area (Å²) in [4.78, 5) is 16.7. The molecule has 5 heteroatoms. The molecule has 0 atom stereocenters. The maximum absolute atomic E-state index is 11.3. The molecule has 1 aliphatic rings. The quantitative estimate of drug-likeness (QED) is 0.786. The third kappa shape index (κ3) is 3.11. The van der Waals surface area contributed by atoms with E-state index < -0.39 is 0 Å². The third-order valence-electron chi connectivity index (χ3n) is 3.20. The molecule has 2 N–H and O–H groups in total. The summed E-state index contributed by atoms with van der Waals surface area (Å²) in [5, 5.41) is 3.48. The molecule has 18 heavy (non-hydrogen) atoms. The molecule has 0 unspecified atom stereocenters. The predicted octanol–water partition coefficient (Wildman–Crippen LogP) is 0.985. The zero-order valence-corrected chi connectivity index (χ0v) is 11.2. The minimum atomic E-state index is -0.318. The summed E-state index contributed by atoms with van der Waals surface area (Å²) < 4.78 is 4.68. The standard InChI is InChI=1S/C13H21N3O2/c1-13(2)9-16(5-4-15-13)8-10-6-11(14-7-10)12(17)18-3/h6-7,14-15H,4-5,8-9H2,1-3H3. The van der Waals surface area contributed by atoms with Crippen molar-refractivity contribution in [2.45, 2.75) is 25.9 Å². The Kier molecular flexibility index (Phi) is 3.73. The summed E-state index contributed by atoms with van der Waals surface area (Å²) in [5.74, 6) is -0.318. The molecule has 0 aromatic carbocycles. The summed E-state index contributed by atoms with van der Waals surface area (Å²) in [6, 6.07) is 1.86. The highest BCUT2D eigenvalue weighted by Gasteiger charge is 2.25. The van der Waals surface area contributed by atoms with Gasteiger partial charge in [0.05, 0.1) is 7.11 Å². The molecule has 2 rings (SSSR count). The van der Waals surface area contributed by atoms with Gasteiger partial charge in [-0.2, -0.15) is 0 Å². The van der Waals surface area contributed by atoms with Gasteiger partial charge in [0.2, 0.25) is 0 Å². The van der Waals surface area contributed by atoms with Gasteiger partial charge < -0.3 is 15.0 Å². The van der Waals surface area contributed by atoms with Crippen LogP contribution in [0.1, 0.15) is 29.9 Å². The van der Waals surface area contributed by atoms with Crippen molar-refractivity contribution in [1.29, 1.82) is 0 Å². The zero-order valence-electron chi connectivity index (χ0n) is 11.2. The van der Waals surface area contributed by atoms with Crippen molar-refractivity contribution in [2.75, 3.05) is 26.7 Å². The van der Waals surface area contributed by atoms with E-state index in [9.17, 15) is 4.79 Å². The molecule has 0 bridgehead atoms. The van der Waals surface area contributed by atoms with Crippen LogP contribution in [-0.4, -0.2) is 48.1 Å². The molecule has 0 aliphatic carbocycles. The molecule has 0 amide bonds. The summed E-state index contributed by atoms with van der Waals surface area (Å²) in [5.41, 5.74) is 1.79. The Morgan fingerprint density at radius 1 is 1.56 bits per heavy atom. The fraction of sp³-hybridized carbons (Fsp3) is 0.615. The van der Waals surface area contributed by atoms with Gasteiger partial charge in [-0.25, -0.2) is 4.79 Å². The molecule has 2 heterocycles. The number of H-pyrrole nitrogens is 1. The maximum Gasteiger partial charge on any atom is 0.354 e. The van der Waals surface area contributed by atoms with Crippen molar-refractivity contribution in [3.8, 4) is 0 Å². The monoisotopic (exact) mass is 251 g/mol. The van der Waals surface area contributed by atoms with Crippen molar-refractivity contribution in [3.05, 3.63) is 23.5 Å². The van der Waals surface area contributed by atoms with Crippen LogP contribution in [0.15, 0.2) is 12.3 Å². The van der Waals surface area contributed by atoms with E-state index in [0.717, 1.165) is 31.7 Å². The summed E-state index contributed by atoms with van der Waals surface area (Å²) >= 11 is 0. The minimum absolute atomic E-state index is 0.153. The van der Waals surface area contributed by atoms with Crippen LogP contribution >= 0.6 is 0 Å². The van der Waals surface area contributed by atoms with Gasteiger partial charge in [-0.15, -0.1) is 0 Å². The van der Waals surface area contributed by atoms with E-state index in [4.69, 9.17) is 0 Å². The van der Waals surface area contributed by atoms with Gasteiger partial charge in [-0.05, 0) is 25.5 Å². The van der Waals surface area contributed by atoms with Gasteiger partial charge in [0.1, 0.15) is 5.69 Å². The van der Waals surface area contributed by atoms with Gasteiger partial charge in [0, 0.05) is 37.9 Å². The number of aromatic nitrogens is 1. The maximum atomic E-state index is 11.3. The molecule has 1 saturated heterocycles. The van der Waals surface area contributed by atoms with E-state index in [2.05, 4.69) is 33.8 Å². The lowest BCUT2D eigenvalue weighted by Gasteiger charge is -2.39. The first-order valence-corrected chi connectivity index (χ1v) is 6.23. The number of methoxy groups -OCH3 is 1. The Morgan fingerprint density at radius 2 is 2.33 bits per heavy atom. The van der Waals surface area contributed by atoms with Crippen LogP contribution in [0.25, 0.3) is 0 Å². The number of ether oxygens (including phenoxy) is 1. The predicted molar refractivity (Wildman–Crippen MR) is 69.5 cm³/mol. The number of rotatable bonds is 3. The molecule has 0 saturated carbocycles. The van der Waals surface area contributed by atoms with Crippen LogP contribution < -0.4 is 5.32 Å². The summed E-state index contributed by atoms with van der Waals surface area (Å²) in [7, 11) is 1.39. The van der Waals surface area contributed by atoms with Crippen molar-refractivity contribution in [1.82, 2.24) is 15.2 Å². The average molecular weight is 251 g/mol. The van der Waals surface area contributed by atoms with Crippen molar-refractivity contribution < 1.29 is 9.53 Å². The van der Waals surface area contributed by atoms with Crippen LogP contribution in [0.5, 0.6) is 0 Å². The first-order valence-electron chi connectivity index (χ1n) is 6.23. The van der Waals surface area contributed by atoms with Crippen molar-refractivity contribution >= 4 is 5.97 Å². The fourth-order valence-corrected chi connectivity index (χ4v) is 2.40. The molecule has 0 radical (unpaired) electrons. The number of piperazine rings is 1. The Hall–Kier alpha value is -1.33. The highest BCUT2D eigenvalue weighted by molar-refractivity contribution is 5.87. The van der Waals surface area contributed by atoms with E-state index in [1.807, 2.05) is 12.3 Å². The van der Waals surface area contributed by atoms with Gasteiger partial charge in [0.25, 0.3) is 0 Å². The topological polar surface area (TPSA) is 57.4 Å². The Morgan fingerprint density at radius 3 is 3.00 bits per heavy atom. The highest BCUT2D eigenvalue weighted by atomic mass is 16.5. The number of nitrogens with one attached hydrogen (secondary N) is 2. The largest absolute Gasteiger partial charge is 0.464 e. The lowest BCUT2D eigenvalue weighted by atomic mass is 10.0. The number of hydrogen-bond acceptors (Lipinski definition) is 4. The summed E-state index contributed by atoms with van der Waals surface area (Å²) in [6.45, 7) is 8.31. The number of carbonyl (C=O) groups is 1. The molecule has 0 spiro atoms. The molecule has 1 aromatic heterocycles. The smallest absolute Gasteiger partial charge is 0.354 e. The first kappa shape index (κ1) is 13.1. The van der Waals surface area contributed by atoms with Gasteiger partial charge in [0.15, 0.2) is 0 Å². The summed E-state index contributed by atoms with van der Waals surface area (Å²) in [6.07, 6.45) is 1.88. The number of hydrogen-bond donors (Lipinski definition) is 2. The van der Waals surface area contributed by atoms with Crippen LogP contribution in [0.4, 0.5) is 0 Å². The van der Waals surface area contributed by atoms with Gasteiger partial charge in [-0.3, -0.25) is 4.90 Å². The van der Waals surface area contributed by atoms with E-state index in [-0.39, 0.29) is 11.5 Å². The molecule has 5 nitrogen and oxygen atoms in total. The van der Waals surface area contributed by atoms with E-state index in [0.29, 0.717) is 5.69 Å². The molecule has 1 aromatic rings. The molecule has 1 fully saturated rings. The second kappa shape index (κ2) is 5.12. The van der Waals surface area contributed by atoms with Crippen LogP contribution in [0, 0.1) is 0 Å². The number of nitrogens with zero attached hydrogens (tertiary/aromatic N) is 1. The first-order chi connectivity index (χ1) is 8.50. The average Bonchev–Trinajstić information content (AvgIpc) is 2.75. The third-order valence-corrected chi connectivity index (χ3v) is 3.20. The van der Waals surface area contributed by atoms with Crippen molar-refractivity contribution in [2.24, 2.45) is 0 Å². The Labute approximate surface area is 108 Å².